The van der Waals surface area contributed by atoms with E-state index < -0.39 is 0 Å². The molecule has 94 valence electrons. The second kappa shape index (κ2) is 5.53. The van der Waals surface area contributed by atoms with Crippen LogP contribution in [0.5, 0.6) is 0 Å². The molecule has 1 amide bonds. The van der Waals surface area contributed by atoms with Crippen LogP contribution in [-0.2, 0) is 4.74 Å². The smallest absolute Gasteiger partial charge is 0.410 e. The minimum absolute atomic E-state index is 0.162. The van der Waals surface area contributed by atoms with Gasteiger partial charge in [0.05, 0.1) is 12.1 Å². The first-order valence-electron chi connectivity index (χ1n) is 6.08. The Kier molecular flexibility index (Phi) is 4.59. The highest BCUT2D eigenvalue weighted by Gasteiger charge is 2.32. The van der Waals surface area contributed by atoms with E-state index in [1.54, 1.807) is 0 Å². The molecule has 0 aromatic heterocycles. The maximum Gasteiger partial charge on any atom is 0.410 e. The Balaban J connectivity index is 2.57. The van der Waals surface area contributed by atoms with E-state index in [9.17, 15) is 4.79 Å². The monoisotopic (exact) mass is 228 g/mol. The minimum Gasteiger partial charge on any atom is -0.449 e. The molecule has 1 heterocycles. The topological polar surface area (TPSA) is 41.6 Å². The lowest BCUT2D eigenvalue weighted by Gasteiger charge is -2.36. The van der Waals surface area contributed by atoms with Crippen LogP contribution in [0.15, 0.2) is 0 Å². The fraction of sp³-hybridized carbons (Fsp3) is 0.917. The normalized spacial score (nSPS) is 20.7. The van der Waals surface area contributed by atoms with Crippen molar-refractivity contribution < 1.29 is 9.53 Å². The number of hydrogen-bond donors (Lipinski definition) is 1. The maximum atomic E-state index is 11.9. The van der Waals surface area contributed by atoms with Crippen LogP contribution in [0.4, 0.5) is 4.79 Å². The molecule has 1 saturated heterocycles. The van der Waals surface area contributed by atoms with Crippen molar-refractivity contribution >= 4 is 6.09 Å². The van der Waals surface area contributed by atoms with Gasteiger partial charge in [-0.25, -0.2) is 4.79 Å². The molecule has 1 fully saturated rings. The average molecular weight is 228 g/mol. The van der Waals surface area contributed by atoms with Crippen molar-refractivity contribution in [2.45, 2.75) is 39.7 Å². The van der Waals surface area contributed by atoms with Gasteiger partial charge in [0.15, 0.2) is 0 Å². The molecule has 0 aromatic rings. The maximum absolute atomic E-state index is 11.9. The summed E-state index contributed by atoms with van der Waals surface area (Å²) in [5.74, 6) is 0.386. The average Bonchev–Trinajstić information content (AvgIpc) is 2.35. The van der Waals surface area contributed by atoms with Crippen molar-refractivity contribution in [3.63, 3.8) is 0 Å². The highest BCUT2D eigenvalue weighted by atomic mass is 16.6. The van der Waals surface area contributed by atoms with Crippen LogP contribution in [0.2, 0.25) is 0 Å². The van der Waals surface area contributed by atoms with Gasteiger partial charge in [0.25, 0.3) is 0 Å². The molecule has 1 aliphatic heterocycles. The molecule has 4 nitrogen and oxygen atoms in total. The third kappa shape index (κ3) is 3.67. The molecular formula is C12H24N2O2. The molecule has 1 rings (SSSR count). The van der Waals surface area contributed by atoms with E-state index in [-0.39, 0.29) is 11.6 Å². The van der Waals surface area contributed by atoms with Gasteiger partial charge in [-0.15, -0.1) is 0 Å². The largest absolute Gasteiger partial charge is 0.449 e. The molecule has 0 aliphatic carbocycles. The number of ether oxygens (including phenoxy) is 1. The van der Waals surface area contributed by atoms with Crippen molar-refractivity contribution in [2.75, 3.05) is 26.2 Å². The molecule has 1 N–H and O–H groups in total. The third-order valence-corrected chi connectivity index (χ3v) is 2.78. The molecule has 16 heavy (non-hydrogen) atoms. The van der Waals surface area contributed by atoms with Gasteiger partial charge in [0, 0.05) is 13.1 Å². The van der Waals surface area contributed by atoms with Crippen molar-refractivity contribution in [3.05, 3.63) is 0 Å². The molecular weight excluding hydrogens is 204 g/mol. The highest BCUT2D eigenvalue weighted by molar-refractivity contribution is 5.68. The Hall–Kier alpha value is -0.770. The van der Waals surface area contributed by atoms with Gasteiger partial charge >= 0.3 is 6.09 Å². The molecule has 0 bridgehead atoms. The van der Waals surface area contributed by atoms with Gasteiger partial charge in [0.1, 0.15) is 0 Å². The first-order chi connectivity index (χ1) is 7.43. The second-order valence-electron chi connectivity index (χ2n) is 5.47. The molecule has 0 radical (unpaired) electrons. The van der Waals surface area contributed by atoms with Crippen LogP contribution in [0.1, 0.15) is 34.1 Å². The van der Waals surface area contributed by atoms with Crippen LogP contribution in [0.3, 0.4) is 0 Å². The van der Waals surface area contributed by atoms with Gasteiger partial charge in [-0.3, -0.25) is 0 Å². The predicted molar refractivity (Wildman–Crippen MR) is 64.5 cm³/mol. The fourth-order valence-electron chi connectivity index (χ4n) is 1.81. The lowest BCUT2D eigenvalue weighted by Crippen LogP contribution is -2.51. The fourth-order valence-corrected chi connectivity index (χ4v) is 1.81. The first-order valence-corrected chi connectivity index (χ1v) is 6.08. The number of carbonyl (C=O) groups is 1. The van der Waals surface area contributed by atoms with Gasteiger partial charge in [-0.05, 0) is 32.7 Å². The summed E-state index contributed by atoms with van der Waals surface area (Å²) in [4.78, 5) is 13.8. The van der Waals surface area contributed by atoms with Crippen LogP contribution >= 0.6 is 0 Å². The summed E-state index contributed by atoms with van der Waals surface area (Å²) in [6, 6.07) is 0. The summed E-state index contributed by atoms with van der Waals surface area (Å²) in [5.41, 5.74) is -0.162. The Labute approximate surface area is 98.3 Å². The van der Waals surface area contributed by atoms with Crippen LogP contribution in [0.25, 0.3) is 0 Å². The van der Waals surface area contributed by atoms with E-state index >= 15 is 0 Å². The summed E-state index contributed by atoms with van der Waals surface area (Å²) >= 11 is 0. The zero-order chi connectivity index (χ0) is 12.2. The standard InChI is InChI=1S/C12H24N2O2/c1-10(2)8-16-11(15)14-7-5-6-13-9-12(14,3)4/h10,13H,5-9H2,1-4H3. The summed E-state index contributed by atoms with van der Waals surface area (Å²) < 4.78 is 5.29. The third-order valence-electron chi connectivity index (χ3n) is 2.78. The van der Waals surface area contributed by atoms with E-state index in [0.717, 1.165) is 26.1 Å². The Morgan fingerprint density at radius 3 is 2.81 bits per heavy atom. The van der Waals surface area contributed by atoms with Gasteiger partial charge in [-0.2, -0.15) is 0 Å². The van der Waals surface area contributed by atoms with Crippen LogP contribution in [-0.4, -0.2) is 42.8 Å². The number of hydrogen-bond acceptors (Lipinski definition) is 3. The second-order valence-corrected chi connectivity index (χ2v) is 5.47. The van der Waals surface area contributed by atoms with E-state index in [1.807, 2.05) is 18.7 Å². The molecule has 0 unspecified atom stereocenters. The Morgan fingerprint density at radius 2 is 2.19 bits per heavy atom. The zero-order valence-electron chi connectivity index (χ0n) is 10.9. The van der Waals surface area contributed by atoms with E-state index in [2.05, 4.69) is 19.2 Å². The van der Waals surface area contributed by atoms with E-state index in [0.29, 0.717) is 12.5 Å². The van der Waals surface area contributed by atoms with Crippen LogP contribution < -0.4 is 5.32 Å². The van der Waals surface area contributed by atoms with E-state index in [4.69, 9.17) is 4.74 Å². The first kappa shape index (κ1) is 13.3. The lowest BCUT2D eigenvalue weighted by molar-refractivity contribution is 0.0596. The quantitative estimate of drug-likeness (QED) is 0.784. The van der Waals surface area contributed by atoms with Crippen molar-refractivity contribution in [2.24, 2.45) is 5.92 Å². The molecule has 1 aliphatic rings. The van der Waals surface area contributed by atoms with Gasteiger partial charge in [-0.1, -0.05) is 13.8 Å². The number of nitrogens with zero attached hydrogens (tertiary/aromatic N) is 1. The Bertz CT molecular complexity index is 239. The number of carbonyl (C=O) groups excluding carboxylic acids is 1. The van der Waals surface area contributed by atoms with Crippen molar-refractivity contribution in [1.82, 2.24) is 10.2 Å². The molecule has 0 atom stereocenters. The molecule has 0 aromatic carbocycles. The highest BCUT2D eigenvalue weighted by Crippen LogP contribution is 2.17. The van der Waals surface area contributed by atoms with Gasteiger partial charge < -0.3 is 15.0 Å². The summed E-state index contributed by atoms with van der Waals surface area (Å²) in [6.45, 7) is 11.3. The molecule has 4 heteroatoms. The minimum atomic E-state index is -0.178. The summed E-state index contributed by atoms with van der Waals surface area (Å²) in [6.07, 6.45) is 0.808. The number of rotatable bonds is 2. The lowest BCUT2D eigenvalue weighted by atomic mass is 10.0. The zero-order valence-corrected chi connectivity index (χ0v) is 10.9. The SMILES string of the molecule is CC(C)COC(=O)N1CCCNCC1(C)C. The summed E-state index contributed by atoms with van der Waals surface area (Å²) in [7, 11) is 0. The molecule has 0 spiro atoms. The number of amides is 1. The Morgan fingerprint density at radius 1 is 1.50 bits per heavy atom. The van der Waals surface area contributed by atoms with Crippen LogP contribution in [0, 0.1) is 5.92 Å². The van der Waals surface area contributed by atoms with E-state index in [1.165, 1.54) is 0 Å². The predicted octanol–water partition coefficient (Wildman–Crippen LogP) is 1.85. The van der Waals surface area contributed by atoms with Crippen molar-refractivity contribution in [3.8, 4) is 0 Å². The van der Waals surface area contributed by atoms with Crippen molar-refractivity contribution in [1.29, 1.82) is 0 Å². The molecule has 0 saturated carbocycles. The summed E-state index contributed by atoms with van der Waals surface area (Å²) in [5, 5.41) is 3.34. The van der Waals surface area contributed by atoms with Gasteiger partial charge in [0.2, 0.25) is 0 Å². The number of nitrogens with one attached hydrogen (secondary N) is 1.